The summed E-state index contributed by atoms with van der Waals surface area (Å²) in [5.41, 5.74) is 17.6. The summed E-state index contributed by atoms with van der Waals surface area (Å²) in [4.78, 5) is 0. The van der Waals surface area contributed by atoms with Crippen molar-refractivity contribution in [3.8, 4) is 11.4 Å². The van der Waals surface area contributed by atoms with E-state index in [0.29, 0.717) is 0 Å². The second-order valence-corrected chi connectivity index (χ2v) is 23.9. The van der Waals surface area contributed by atoms with Crippen LogP contribution in [0.2, 0.25) is 0 Å². The molecule has 0 N–H and O–H groups in total. The van der Waals surface area contributed by atoms with Crippen LogP contribution in [-0.4, -0.2) is 15.8 Å². The number of aromatic nitrogens is 2. The van der Waals surface area contributed by atoms with Gasteiger partial charge in [-0.25, -0.2) is 0 Å². The van der Waals surface area contributed by atoms with Gasteiger partial charge in [-0.1, -0.05) is 186 Å². The molecule has 13 rings (SSSR count). The van der Waals surface area contributed by atoms with Gasteiger partial charge in [-0.05, 0) is 128 Å². The summed E-state index contributed by atoms with van der Waals surface area (Å²) < 4.78 is 5.30. The Kier molecular flexibility index (Phi) is 7.40. The number of hydrogen-bond acceptors (Lipinski definition) is 0. The number of nitrogens with zero attached hydrogens (tertiary/aromatic N) is 2. The maximum Gasteiger partial charge on any atom is 0.252 e. The standard InChI is InChI=1S/C62H57BN2/c1-59(2,3)38-18-22-42-34(28-38)16-26-48-52(42)54-44-24-20-40(61(7,8)9)30-36(44)32-46-57(54)64(48)50-14-13-15-51-56(50)63(46)47-33-37-31-41(62(10,11)12)21-25-45(37)55-53-43-23-19-39(60(4,5)6)29-35(43)17-27-49(53)65(51)58(47)55/h13-33H,1-12H3. The fourth-order valence-electron chi connectivity index (χ4n) is 12.1. The highest BCUT2D eigenvalue weighted by molar-refractivity contribution is 7.00. The van der Waals surface area contributed by atoms with Crippen molar-refractivity contribution in [3.05, 3.63) is 150 Å². The van der Waals surface area contributed by atoms with Gasteiger partial charge in [0.05, 0.1) is 22.1 Å². The molecule has 4 heterocycles. The molecule has 0 unspecified atom stereocenters. The van der Waals surface area contributed by atoms with Crippen LogP contribution in [0, 0.1) is 0 Å². The zero-order valence-electron chi connectivity index (χ0n) is 40.1. The summed E-state index contributed by atoms with van der Waals surface area (Å²) in [5, 5.41) is 16.0. The van der Waals surface area contributed by atoms with Crippen molar-refractivity contribution in [2.24, 2.45) is 0 Å². The van der Waals surface area contributed by atoms with Crippen LogP contribution in [0.3, 0.4) is 0 Å². The highest BCUT2D eigenvalue weighted by Gasteiger charge is 2.42. The first kappa shape index (κ1) is 39.1. The van der Waals surface area contributed by atoms with Gasteiger partial charge in [0, 0.05) is 32.9 Å². The zero-order valence-corrected chi connectivity index (χ0v) is 40.1. The maximum absolute atomic E-state index is 2.65. The molecule has 2 aromatic heterocycles. The predicted octanol–water partition coefficient (Wildman–Crippen LogP) is 14.8. The van der Waals surface area contributed by atoms with Gasteiger partial charge in [0.25, 0.3) is 6.71 Å². The molecule has 0 radical (unpaired) electrons. The topological polar surface area (TPSA) is 9.86 Å². The largest absolute Gasteiger partial charge is 0.310 e. The minimum atomic E-state index is 0.0155. The van der Waals surface area contributed by atoms with Gasteiger partial charge in [-0.2, -0.15) is 0 Å². The summed E-state index contributed by atoms with van der Waals surface area (Å²) in [7, 11) is 0. The van der Waals surface area contributed by atoms with Crippen LogP contribution in [0.5, 0.6) is 0 Å². The minimum absolute atomic E-state index is 0.0155. The second kappa shape index (κ2) is 12.3. The predicted molar refractivity (Wildman–Crippen MR) is 285 cm³/mol. The molecular formula is C62H57BN2. The number of benzene rings is 9. The van der Waals surface area contributed by atoms with E-state index < -0.39 is 0 Å². The molecule has 0 bridgehead atoms. The van der Waals surface area contributed by atoms with Crippen LogP contribution in [0.25, 0.3) is 98.1 Å². The molecular weight excluding hydrogens is 784 g/mol. The molecule has 0 saturated carbocycles. The molecule has 0 spiro atoms. The quantitative estimate of drug-likeness (QED) is 0.135. The Hall–Kier alpha value is -6.32. The fourth-order valence-corrected chi connectivity index (χ4v) is 12.1. The lowest BCUT2D eigenvalue weighted by atomic mass is 9.34. The van der Waals surface area contributed by atoms with Crippen molar-refractivity contribution in [2.45, 2.75) is 105 Å². The third-order valence-corrected chi connectivity index (χ3v) is 15.6. The molecule has 2 aliphatic heterocycles. The lowest BCUT2D eigenvalue weighted by Gasteiger charge is -2.34. The molecule has 0 atom stereocenters. The molecule has 11 aromatic rings. The Morgan fingerprint density at radius 2 is 0.677 bits per heavy atom. The summed E-state index contributed by atoms with van der Waals surface area (Å²) in [6, 6.07) is 51.0. The van der Waals surface area contributed by atoms with Crippen LogP contribution >= 0.6 is 0 Å². The SMILES string of the molecule is CC(C)(C)c1ccc2c(ccc3c2c2c4ccc(C(C)(C)C)cc4cc4c2n3-c2cccc3c2B4c2cc4cc(C(C)(C)C)ccc4c4c5c6ccc(C(C)(C)C)cc6ccc5n-3c24)c1. The molecule has 0 aliphatic carbocycles. The monoisotopic (exact) mass is 840 g/mol. The highest BCUT2D eigenvalue weighted by atomic mass is 15.0. The Bertz CT molecular complexity index is 3720. The van der Waals surface area contributed by atoms with Crippen LogP contribution in [0.15, 0.2) is 127 Å². The smallest absolute Gasteiger partial charge is 0.252 e. The van der Waals surface area contributed by atoms with E-state index in [1.807, 2.05) is 0 Å². The van der Waals surface area contributed by atoms with Gasteiger partial charge in [-0.3, -0.25) is 0 Å². The van der Waals surface area contributed by atoms with Crippen molar-refractivity contribution in [3.63, 3.8) is 0 Å². The van der Waals surface area contributed by atoms with Gasteiger partial charge in [0.15, 0.2) is 0 Å². The van der Waals surface area contributed by atoms with E-state index in [1.165, 1.54) is 137 Å². The lowest BCUT2D eigenvalue weighted by molar-refractivity contribution is 0.591. The third kappa shape index (κ3) is 5.19. The number of hydrogen-bond donors (Lipinski definition) is 0. The Morgan fingerprint density at radius 3 is 1.03 bits per heavy atom. The molecule has 0 amide bonds. The first-order valence-electron chi connectivity index (χ1n) is 23.9. The molecule has 9 aromatic carbocycles. The molecule has 2 nitrogen and oxygen atoms in total. The van der Waals surface area contributed by atoms with Crippen LogP contribution < -0.4 is 16.4 Å². The van der Waals surface area contributed by atoms with Crippen LogP contribution in [0.4, 0.5) is 0 Å². The van der Waals surface area contributed by atoms with E-state index in [0.717, 1.165) is 0 Å². The molecule has 2 aliphatic rings. The number of rotatable bonds is 0. The van der Waals surface area contributed by atoms with E-state index in [1.54, 1.807) is 0 Å². The van der Waals surface area contributed by atoms with Crippen molar-refractivity contribution >= 4 is 110 Å². The van der Waals surface area contributed by atoms with Crippen molar-refractivity contribution in [2.75, 3.05) is 0 Å². The first-order chi connectivity index (χ1) is 30.8. The second-order valence-electron chi connectivity index (χ2n) is 23.9. The Balaban J connectivity index is 1.24. The molecule has 0 fully saturated rings. The van der Waals surface area contributed by atoms with Crippen molar-refractivity contribution < 1.29 is 0 Å². The molecule has 3 heteroatoms. The van der Waals surface area contributed by atoms with Crippen LogP contribution in [-0.2, 0) is 21.7 Å². The Labute approximate surface area is 382 Å². The number of fused-ring (bicyclic) bond motifs is 18. The fraction of sp³-hybridized carbons (Fsp3) is 0.258. The van der Waals surface area contributed by atoms with Gasteiger partial charge in [0.2, 0.25) is 0 Å². The van der Waals surface area contributed by atoms with Crippen molar-refractivity contribution in [1.82, 2.24) is 9.13 Å². The average molecular weight is 841 g/mol. The minimum Gasteiger partial charge on any atom is -0.310 e. The molecule has 318 valence electrons. The average Bonchev–Trinajstić information content (AvgIpc) is 3.80. The summed E-state index contributed by atoms with van der Waals surface area (Å²) >= 11 is 0. The lowest BCUT2D eigenvalue weighted by Crippen LogP contribution is -2.59. The van der Waals surface area contributed by atoms with E-state index in [2.05, 4.69) is 220 Å². The maximum atomic E-state index is 2.65. The summed E-state index contributed by atoms with van der Waals surface area (Å²) in [6.07, 6.45) is 0. The van der Waals surface area contributed by atoms with E-state index in [-0.39, 0.29) is 28.4 Å². The van der Waals surface area contributed by atoms with Crippen molar-refractivity contribution in [1.29, 1.82) is 0 Å². The van der Waals surface area contributed by atoms with Gasteiger partial charge in [0.1, 0.15) is 0 Å². The summed E-state index contributed by atoms with van der Waals surface area (Å²) in [5.74, 6) is 0. The molecule has 65 heavy (non-hydrogen) atoms. The van der Waals surface area contributed by atoms with Crippen LogP contribution in [0.1, 0.15) is 105 Å². The van der Waals surface area contributed by atoms with Gasteiger partial charge in [-0.15, -0.1) is 0 Å². The summed E-state index contributed by atoms with van der Waals surface area (Å²) in [6.45, 7) is 28.0. The third-order valence-electron chi connectivity index (χ3n) is 15.6. The van der Waals surface area contributed by atoms with E-state index in [9.17, 15) is 0 Å². The molecule has 0 saturated heterocycles. The first-order valence-corrected chi connectivity index (χ1v) is 23.9. The van der Waals surface area contributed by atoms with Gasteiger partial charge < -0.3 is 9.13 Å². The van der Waals surface area contributed by atoms with E-state index in [4.69, 9.17) is 0 Å². The van der Waals surface area contributed by atoms with Gasteiger partial charge >= 0.3 is 0 Å². The Morgan fingerprint density at radius 1 is 0.338 bits per heavy atom. The highest BCUT2D eigenvalue weighted by Crippen LogP contribution is 2.47. The normalized spacial score (nSPS) is 14.1. The van der Waals surface area contributed by atoms with E-state index >= 15 is 0 Å². The zero-order chi connectivity index (χ0) is 45.0.